The van der Waals surface area contributed by atoms with Gasteiger partial charge in [0.15, 0.2) is 6.23 Å². The zero-order valence-electron chi connectivity index (χ0n) is 18.6. The number of carbonyl (C=O) groups excluding carboxylic acids is 2. The van der Waals surface area contributed by atoms with Crippen LogP contribution in [0.25, 0.3) is 0 Å². The number of amides is 3. The minimum atomic E-state index is -1.36. The Hall–Kier alpha value is -3.59. The van der Waals surface area contributed by atoms with Gasteiger partial charge in [0.1, 0.15) is 11.5 Å². The number of carboxylic acid groups (broad SMARTS) is 1. The van der Waals surface area contributed by atoms with Crippen molar-refractivity contribution in [3.63, 3.8) is 0 Å². The van der Waals surface area contributed by atoms with Crippen LogP contribution < -0.4 is 9.47 Å². The van der Waals surface area contributed by atoms with Crippen LogP contribution in [0.1, 0.15) is 15.9 Å². The van der Waals surface area contributed by atoms with Crippen LogP contribution in [0.2, 0.25) is 0 Å². The molecule has 0 aromatic heterocycles. The molecule has 33 heavy (non-hydrogen) atoms. The fourth-order valence-corrected chi connectivity index (χ4v) is 4.17. The van der Waals surface area contributed by atoms with Crippen LogP contribution in [0.15, 0.2) is 48.5 Å². The lowest BCUT2D eigenvalue weighted by atomic mass is 9.88. The lowest BCUT2D eigenvalue weighted by Gasteiger charge is -2.43. The number of methoxy groups -OCH3 is 1. The van der Waals surface area contributed by atoms with E-state index >= 15 is 0 Å². The smallest absolute Gasteiger partial charge is 0.417 e. The molecule has 2 aromatic carbocycles. The Balaban J connectivity index is 1.46. The quantitative estimate of drug-likeness (QED) is 0.669. The number of nitrogens with zero attached hydrogens (tertiary/aromatic N) is 3. The highest BCUT2D eigenvalue weighted by atomic mass is 16.5. The Kier molecular flexibility index (Phi) is 6.50. The Bertz CT molecular complexity index is 1030. The minimum Gasteiger partial charge on any atom is -0.496 e. The van der Waals surface area contributed by atoms with Crippen molar-refractivity contribution in [2.75, 3.05) is 40.3 Å². The van der Waals surface area contributed by atoms with Crippen molar-refractivity contribution in [1.29, 1.82) is 0 Å². The van der Waals surface area contributed by atoms with Gasteiger partial charge < -0.3 is 24.4 Å². The zero-order chi connectivity index (χ0) is 23.5. The van der Waals surface area contributed by atoms with Gasteiger partial charge in [-0.25, -0.2) is 9.69 Å². The molecule has 0 aliphatic carbocycles. The summed E-state index contributed by atoms with van der Waals surface area (Å²) in [6, 6.07) is 13.9. The van der Waals surface area contributed by atoms with Gasteiger partial charge in [-0.15, -0.1) is 0 Å². The molecule has 0 saturated carbocycles. The van der Waals surface area contributed by atoms with E-state index in [9.17, 15) is 19.5 Å². The number of hydrogen-bond acceptors (Lipinski definition) is 6. The standard InChI is InChI=1S/C24H27N3O6/c1-25-11-13-26(14-12-25)21(28)16-7-9-18(10-8-16)33-23-19(22(29)27(23)24(30)31)15-17-5-3-4-6-20(17)32-2/h3-10,19,23H,11-15H2,1-2H3,(H,30,31). The summed E-state index contributed by atoms with van der Waals surface area (Å²) in [6.45, 7) is 3.02. The van der Waals surface area contributed by atoms with E-state index in [0.717, 1.165) is 18.7 Å². The number of piperazine rings is 1. The van der Waals surface area contributed by atoms with Crippen LogP contribution in [0.3, 0.4) is 0 Å². The van der Waals surface area contributed by atoms with E-state index < -0.39 is 24.1 Å². The predicted octanol–water partition coefficient (Wildman–Crippen LogP) is 2.17. The van der Waals surface area contributed by atoms with E-state index in [4.69, 9.17) is 9.47 Å². The average Bonchev–Trinajstić information content (AvgIpc) is 2.82. The normalized spacial score (nSPS) is 20.8. The van der Waals surface area contributed by atoms with E-state index in [1.54, 1.807) is 37.4 Å². The number of likely N-dealkylation sites (N-methyl/N-ethyl adjacent to an activating group) is 1. The van der Waals surface area contributed by atoms with Gasteiger partial charge in [0.05, 0.1) is 13.0 Å². The summed E-state index contributed by atoms with van der Waals surface area (Å²) < 4.78 is 11.2. The summed E-state index contributed by atoms with van der Waals surface area (Å²) in [4.78, 5) is 41.5. The lowest BCUT2D eigenvalue weighted by Crippen LogP contribution is -2.65. The van der Waals surface area contributed by atoms with E-state index in [0.29, 0.717) is 35.1 Å². The van der Waals surface area contributed by atoms with E-state index in [1.807, 2.05) is 30.1 Å². The molecule has 0 radical (unpaired) electrons. The number of para-hydroxylation sites is 1. The number of ether oxygens (including phenoxy) is 2. The molecule has 3 amide bonds. The molecule has 9 heteroatoms. The molecule has 2 fully saturated rings. The summed E-state index contributed by atoms with van der Waals surface area (Å²) in [5, 5.41) is 9.46. The van der Waals surface area contributed by atoms with Crippen molar-refractivity contribution in [2.24, 2.45) is 5.92 Å². The van der Waals surface area contributed by atoms with Gasteiger partial charge in [0, 0.05) is 31.7 Å². The molecule has 1 N–H and O–H groups in total. The van der Waals surface area contributed by atoms with Gasteiger partial charge in [-0.1, -0.05) is 18.2 Å². The number of hydrogen-bond donors (Lipinski definition) is 1. The number of imide groups is 1. The maximum absolute atomic E-state index is 12.7. The predicted molar refractivity (Wildman–Crippen MR) is 119 cm³/mol. The minimum absolute atomic E-state index is 0.0466. The van der Waals surface area contributed by atoms with Crippen LogP contribution in [-0.4, -0.2) is 84.3 Å². The van der Waals surface area contributed by atoms with Gasteiger partial charge in [-0.2, -0.15) is 0 Å². The molecule has 0 bridgehead atoms. The summed E-state index contributed by atoms with van der Waals surface area (Å²) in [7, 11) is 3.57. The van der Waals surface area contributed by atoms with Gasteiger partial charge in [0.2, 0.25) is 5.91 Å². The fourth-order valence-electron chi connectivity index (χ4n) is 4.17. The lowest BCUT2D eigenvalue weighted by molar-refractivity contribution is -0.169. The second-order valence-electron chi connectivity index (χ2n) is 8.24. The van der Waals surface area contributed by atoms with E-state index in [-0.39, 0.29) is 12.3 Å². The average molecular weight is 453 g/mol. The highest BCUT2D eigenvalue weighted by molar-refractivity contribution is 5.98. The van der Waals surface area contributed by atoms with Crippen molar-refractivity contribution >= 4 is 17.9 Å². The Morgan fingerprint density at radius 1 is 1.03 bits per heavy atom. The highest BCUT2D eigenvalue weighted by Crippen LogP contribution is 2.34. The molecule has 9 nitrogen and oxygen atoms in total. The zero-order valence-corrected chi connectivity index (χ0v) is 18.6. The fraction of sp³-hybridized carbons (Fsp3) is 0.375. The first-order chi connectivity index (χ1) is 15.9. The van der Waals surface area contributed by atoms with Crippen LogP contribution in [-0.2, 0) is 11.2 Å². The number of benzene rings is 2. The molecule has 4 rings (SSSR count). The topological polar surface area (TPSA) is 99.6 Å². The molecule has 2 aliphatic rings. The molecular formula is C24H27N3O6. The molecule has 0 spiro atoms. The summed E-state index contributed by atoms with van der Waals surface area (Å²) in [5.74, 6) is -0.206. The third-order valence-electron chi connectivity index (χ3n) is 6.14. The monoisotopic (exact) mass is 453 g/mol. The summed E-state index contributed by atoms with van der Waals surface area (Å²) in [5.41, 5.74) is 1.34. The van der Waals surface area contributed by atoms with Crippen LogP contribution in [0.4, 0.5) is 4.79 Å². The third-order valence-corrected chi connectivity index (χ3v) is 6.14. The highest BCUT2D eigenvalue weighted by Gasteiger charge is 2.53. The Labute approximate surface area is 192 Å². The van der Waals surface area contributed by atoms with Gasteiger partial charge >= 0.3 is 6.09 Å². The summed E-state index contributed by atoms with van der Waals surface area (Å²) >= 11 is 0. The van der Waals surface area contributed by atoms with Gasteiger partial charge in [0.25, 0.3) is 5.91 Å². The number of likely N-dealkylation sites (tertiary alicyclic amines) is 1. The van der Waals surface area contributed by atoms with Crippen molar-refractivity contribution in [1.82, 2.24) is 14.7 Å². The van der Waals surface area contributed by atoms with Crippen molar-refractivity contribution in [3.05, 3.63) is 59.7 Å². The second-order valence-corrected chi connectivity index (χ2v) is 8.24. The van der Waals surface area contributed by atoms with Crippen molar-refractivity contribution < 1.29 is 29.0 Å². The van der Waals surface area contributed by atoms with Crippen molar-refractivity contribution in [2.45, 2.75) is 12.6 Å². The molecule has 2 aromatic rings. The second kappa shape index (κ2) is 9.50. The van der Waals surface area contributed by atoms with Crippen LogP contribution >= 0.6 is 0 Å². The molecular weight excluding hydrogens is 426 g/mol. The third kappa shape index (κ3) is 4.63. The van der Waals surface area contributed by atoms with Crippen LogP contribution in [0.5, 0.6) is 11.5 Å². The first-order valence-electron chi connectivity index (χ1n) is 10.8. The maximum Gasteiger partial charge on any atom is 0.417 e. The number of carbonyl (C=O) groups is 3. The number of rotatable bonds is 6. The largest absolute Gasteiger partial charge is 0.496 e. The van der Waals surface area contributed by atoms with E-state index in [2.05, 4.69) is 4.90 Å². The number of β-lactam (4-membered cyclic amide) rings is 1. The molecule has 2 aliphatic heterocycles. The summed E-state index contributed by atoms with van der Waals surface area (Å²) in [6.07, 6.45) is -2.03. The molecule has 2 atom stereocenters. The first kappa shape index (κ1) is 22.6. The first-order valence-corrected chi connectivity index (χ1v) is 10.8. The van der Waals surface area contributed by atoms with Gasteiger partial charge in [-0.05, 0) is 49.4 Å². The molecule has 2 saturated heterocycles. The van der Waals surface area contributed by atoms with Crippen molar-refractivity contribution in [3.8, 4) is 11.5 Å². The van der Waals surface area contributed by atoms with Crippen LogP contribution in [0, 0.1) is 5.92 Å². The SMILES string of the molecule is COc1ccccc1CC1C(=O)N(C(=O)O)C1Oc1ccc(C(=O)N2CCN(C)CC2)cc1. The van der Waals surface area contributed by atoms with Gasteiger partial charge in [-0.3, -0.25) is 9.59 Å². The maximum atomic E-state index is 12.7. The molecule has 2 unspecified atom stereocenters. The molecule has 2 heterocycles. The molecule has 174 valence electrons. The Morgan fingerprint density at radius 3 is 2.33 bits per heavy atom. The van der Waals surface area contributed by atoms with E-state index in [1.165, 1.54) is 0 Å². The Morgan fingerprint density at radius 2 is 1.70 bits per heavy atom.